The van der Waals surface area contributed by atoms with Gasteiger partial charge in [0.1, 0.15) is 18.9 Å². The molecular formula is C16H23N4O+. The molecule has 1 fully saturated rings. The Bertz CT molecular complexity index is 637. The maximum absolute atomic E-state index is 10.1. The Labute approximate surface area is 125 Å². The van der Waals surface area contributed by atoms with Crippen LogP contribution in [0.25, 0.3) is 0 Å². The number of nitrogens with two attached hydrogens (primary N) is 1. The van der Waals surface area contributed by atoms with Crippen molar-refractivity contribution in [2.24, 2.45) is 7.05 Å². The number of benzene rings is 1. The summed E-state index contributed by atoms with van der Waals surface area (Å²) >= 11 is 0. The fourth-order valence-corrected chi connectivity index (χ4v) is 3.07. The third kappa shape index (κ3) is 2.88. The number of aromatic nitrogens is 2. The smallest absolute Gasteiger partial charge is 0.243 e. The molecule has 112 valence electrons. The molecule has 1 aliphatic heterocycles. The predicted molar refractivity (Wildman–Crippen MR) is 83.0 cm³/mol. The van der Waals surface area contributed by atoms with Gasteiger partial charge in [0.05, 0.1) is 19.2 Å². The van der Waals surface area contributed by atoms with Crippen LogP contribution in [0.1, 0.15) is 12.0 Å². The molecule has 1 aromatic carbocycles. The lowest BCUT2D eigenvalue weighted by Gasteiger charge is -2.26. The first kappa shape index (κ1) is 13.9. The summed E-state index contributed by atoms with van der Waals surface area (Å²) in [6.45, 7) is 3.58. The first-order valence-corrected chi connectivity index (χ1v) is 7.35. The molecule has 3 N–H and O–H groups in total. The zero-order valence-electron chi connectivity index (χ0n) is 12.6. The number of aliphatic hydroxyl groups is 1. The second-order valence-electron chi connectivity index (χ2n) is 6.01. The SMILES string of the molecule is Cc1cc(N2CC(O)CC2Cn2cc[n+](C)c2)ccc1N. The Kier molecular flexibility index (Phi) is 3.59. The maximum Gasteiger partial charge on any atom is 0.243 e. The molecule has 2 unspecified atom stereocenters. The molecule has 0 saturated carbocycles. The number of hydrogen-bond donors (Lipinski definition) is 2. The summed E-state index contributed by atoms with van der Waals surface area (Å²) in [5.74, 6) is 0. The Morgan fingerprint density at radius 2 is 2.24 bits per heavy atom. The molecule has 2 heterocycles. The van der Waals surface area contributed by atoms with E-state index in [2.05, 4.69) is 28.1 Å². The van der Waals surface area contributed by atoms with Gasteiger partial charge >= 0.3 is 0 Å². The van der Waals surface area contributed by atoms with Crippen molar-refractivity contribution in [1.82, 2.24) is 4.57 Å². The van der Waals surface area contributed by atoms with Gasteiger partial charge in [-0.1, -0.05) is 0 Å². The van der Waals surface area contributed by atoms with E-state index in [0.29, 0.717) is 12.6 Å². The lowest BCUT2D eigenvalue weighted by Crippen LogP contribution is -2.33. The van der Waals surface area contributed by atoms with E-state index in [1.165, 1.54) is 0 Å². The lowest BCUT2D eigenvalue weighted by atomic mass is 10.1. The molecule has 0 bridgehead atoms. The van der Waals surface area contributed by atoms with Crippen molar-refractivity contribution in [3.63, 3.8) is 0 Å². The van der Waals surface area contributed by atoms with Gasteiger partial charge < -0.3 is 15.7 Å². The van der Waals surface area contributed by atoms with Crippen LogP contribution in [0.3, 0.4) is 0 Å². The van der Waals surface area contributed by atoms with Crippen molar-refractivity contribution < 1.29 is 9.67 Å². The van der Waals surface area contributed by atoms with Crippen LogP contribution >= 0.6 is 0 Å². The zero-order chi connectivity index (χ0) is 15.0. The van der Waals surface area contributed by atoms with Gasteiger partial charge in [0.2, 0.25) is 6.33 Å². The van der Waals surface area contributed by atoms with Crippen LogP contribution in [0.5, 0.6) is 0 Å². The van der Waals surface area contributed by atoms with E-state index in [9.17, 15) is 5.11 Å². The van der Waals surface area contributed by atoms with Crippen molar-refractivity contribution >= 4 is 11.4 Å². The van der Waals surface area contributed by atoms with Gasteiger partial charge in [0.25, 0.3) is 0 Å². The molecule has 3 rings (SSSR count). The molecule has 0 spiro atoms. The van der Waals surface area contributed by atoms with Crippen molar-refractivity contribution in [1.29, 1.82) is 0 Å². The van der Waals surface area contributed by atoms with Gasteiger partial charge in [-0.2, -0.15) is 0 Å². The van der Waals surface area contributed by atoms with Crippen LogP contribution in [0.2, 0.25) is 0 Å². The van der Waals surface area contributed by atoms with E-state index >= 15 is 0 Å². The van der Waals surface area contributed by atoms with Crippen molar-refractivity contribution in [2.75, 3.05) is 17.2 Å². The molecule has 2 atom stereocenters. The highest BCUT2D eigenvalue weighted by Gasteiger charge is 2.32. The average molecular weight is 287 g/mol. The number of nitrogens with zero attached hydrogens (tertiary/aromatic N) is 3. The minimum absolute atomic E-state index is 0.267. The molecule has 0 radical (unpaired) electrons. The van der Waals surface area contributed by atoms with Crippen LogP contribution in [-0.4, -0.2) is 28.4 Å². The number of β-amino-alcohol motifs (C(OH)–C–C–N with tert-alkyl or cyclic N) is 1. The Hall–Kier alpha value is -2.01. The molecular weight excluding hydrogens is 264 g/mol. The lowest BCUT2D eigenvalue weighted by molar-refractivity contribution is -0.671. The summed E-state index contributed by atoms with van der Waals surface area (Å²) < 4.78 is 4.20. The number of aryl methyl sites for hydroxylation is 2. The minimum Gasteiger partial charge on any atom is -0.399 e. The van der Waals surface area contributed by atoms with Gasteiger partial charge in [0, 0.05) is 17.9 Å². The number of anilines is 2. The molecule has 1 saturated heterocycles. The Morgan fingerprint density at radius 1 is 1.43 bits per heavy atom. The molecule has 1 aromatic heterocycles. The maximum atomic E-state index is 10.1. The van der Waals surface area contributed by atoms with Crippen LogP contribution in [0.15, 0.2) is 36.9 Å². The quantitative estimate of drug-likeness (QED) is 0.650. The summed E-state index contributed by atoms with van der Waals surface area (Å²) in [7, 11) is 2.01. The third-order valence-corrected chi connectivity index (χ3v) is 4.22. The summed E-state index contributed by atoms with van der Waals surface area (Å²) in [6.07, 6.45) is 6.69. The highest BCUT2D eigenvalue weighted by Crippen LogP contribution is 2.29. The van der Waals surface area contributed by atoms with E-state index in [4.69, 9.17) is 5.73 Å². The molecule has 21 heavy (non-hydrogen) atoms. The summed E-state index contributed by atoms with van der Waals surface area (Å²) in [4.78, 5) is 2.29. The van der Waals surface area contributed by atoms with Gasteiger partial charge in [-0.25, -0.2) is 9.13 Å². The number of rotatable bonds is 3. The van der Waals surface area contributed by atoms with E-state index < -0.39 is 0 Å². The summed E-state index contributed by atoms with van der Waals surface area (Å²) in [5.41, 5.74) is 8.94. The fourth-order valence-electron chi connectivity index (χ4n) is 3.07. The topological polar surface area (TPSA) is 58.3 Å². The number of aliphatic hydroxyl groups excluding tert-OH is 1. The van der Waals surface area contributed by atoms with Crippen molar-refractivity contribution in [3.8, 4) is 0 Å². The minimum atomic E-state index is -0.267. The van der Waals surface area contributed by atoms with E-state index in [1.807, 2.05) is 36.9 Å². The molecule has 0 aliphatic carbocycles. The monoisotopic (exact) mass is 287 g/mol. The normalized spacial score (nSPS) is 22.0. The zero-order valence-corrected chi connectivity index (χ0v) is 12.6. The molecule has 1 aliphatic rings. The van der Waals surface area contributed by atoms with E-state index in [-0.39, 0.29) is 6.10 Å². The van der Waals surface area contributed by atoms with E-state index in [1.54, 1.807) is 0 Å². The Morgan fingerprint density at radius 3 is 2.90 bits per heavy atom. The number of hydrogen-bond acceptors (Lipinski definition) is 3. The first-order valence-electron chi connectivity index (χ1n) is 7.35. The largest absolute Gasteiger partial charge is 0.399 e. The number of imidazole rings is 1. The summed E-state index contributed by atoms with van der Waals surface area (Å²) in [5, 5.41) is 10.1. The second-order valence-corrected chi connectivity index (χ2v) is 6.01. The van der Waals surface area contributed by atoms with Crippen molar-refractivity contribution in [2.45, 2.75) is 32.0 Å². The van der Waals surface area contributed by atoms with Gasteiger partial charge in [-0.15, -0.1) is 0 Å². The van der Waals surface area contributed by atoms with Crippen molar-refractivity contribution in [3.05, 3.63) is 42.5 Å². The standard InChI is InChI=1S/C16H23N4O/c1-12-7-13(3-4-16(12)17)20-10-15(21)8-14(20)9-19-6-5-18(2)11-19/h3-7,11,14-15,21H,8-10,17H2,1-2H3/q+1. The highest BCUT2D eigenvalue weighted by atomic mass is 16.3. The van der Waals surface area contributed by atoms with E-state index in [0.717, 1.165) is 29.9 Å². The number of nitrogen functional groups attached to an aromatic ring is 1. The van der Waals surface area contributed by atoms with Crippen LogP contribution < -0.4 is 15.2 Å². The summed E-state index contributed by atoms with van der Waals surface area (Å²) in [6, 6.07) is 6.40. The van der Waals surface area contributed by atoms with Crippen LogP contribution in [0, 0.1) is 6.92 Å². The molecule has 2 aromatic rings. The van der Waals surface area contributed by atoms with Gasteiger partial charge in [0.15, 0.2) is 0 Å². The second kappa shape index (κ2) is 5.41. The van der Waals surface area contributed by atoms with Crippen LogP contribution in [0.4, 0.5) is 11.4 Å². The first-order chi connectivity index (χ1) is 10.0. The third-order valence-electron chi connectivity index (χ3n) is 4.22. The molecule has 5 heteroatoms. The highest BCUT2D eigenvalue weighted by molar-refractivity contribution is 5.59. The average Bonchev–Trinajstić information content (AvgIpc) is 3.00. The fraction of sp³-hybridized carbons (Fsp3) is 0.438. The van der Waals surface area contributed by atoms with Gasteiger partial charge in [-0.3, -0.25) is 0 Å². The molecule has 5 nitrogen and oxygen atoms in total. The molecule has 0 amide bonds. The van der Waals surface area contributed by atoms with Gasteiger partial charge in [-0.05, 0) is 37.1 Å². The predicted octanol–water partition coefficient (Wildman–Crippen LogP) is 0.843. The van der Waals surface area contributed by atoms with Crippen LogP contribution in [-0.2, 0) is 13.6 Å². The Balaban J connectivity index is 1.83.